The first kappa shape index (κ1) is 21.2. The second-order valence-corrected chi connectivity index (χ2v) is 7.27. The van der Waals surface area contributed by atoms with E-state index in [4.69, 9.17) is 0 Å². The molecule has 0 aromatic heterocycles. The molecule has 1 heterocycles. The van der Waals surface area contributed by atoms with E-state index in [1.54, 1.807) is 7.05 Å². The molecule has 3 N–H and O–H groups in total. The second-order valence-electron chi connectivity index (χ2n) is 7.27. The molecule has 1 aromatic rings. The van der Waals surface area contributed by atoms with Crippen LogP contribution in [0.3, 0.4) is 0 Å². The number of benzene rings is 1. The average molecular weight is 378 g/mol. The van der Waals surface area contributed by atoms with Crippen molar-refractivity contribution in [2.75, 3.05) is 33.2 Å². The SMILES string of the molecule is CN=C(NCCNC(=O)C(C)C)NC1CCN(Cc2ccc(F)cc2)CC1. The van der Waals surface area contributed by atoms with Crippen molar-refractivity contribution in [1.82, 2.24) is 20.9 Å². The van der Waals surface area contributed by atoms with Crippen molar-refractivity contribution in [2.45, 2.75) is 39.3 Å². The molecule has 6 nitrogen and oxygen atoms in total. The number of nitrogens with one attached hydrogen (secondary N) is 3. The number of aliphatic imine (C=N–C) groups is 1. The van der Waals surface area contributed by atoms with Gasteiger partial charge in [0.15, 0.2) is 5.96 Å². The summed E-state index contributed by atoms with van der Waals surface area (Å²) in [7, 11) is 1.76. The van der Waals surface area contributed by atoms with E-state index < -0.39 is 0 Å². The minimum atomic E-state index is -0.190. The quantitative estimate of drug-likeness (QED) is 0.385. The molecule has 0 spiro atoms. The van der Waals surface area contributed by atoms with Crippen molar-refractivity contribution < 1.29 is 9.18 Å². The van der Waals surface area contributed by atoms with Gasteiger partial charge in [-0.2, -0.15) is 0 Å². The maximum atomic E-state index is 13.0. The van der Waals surface area contributed by atoms with E-state index in [2.05, 4.69) is 25.8 Å². The Morgan fingerprint density at radius 3 is 2.41 bits per heavy atom. The zero-order valence-electron chi connectivity index (χ0n) is 16.6. The molecule has 2 rings (SSSR count). The van der Waals surface area contributed by atoms with Crippen molar-refractivity contribution in [1.29, 1.82) is 0 Å². The molecule has 0 bridgehead atoms. The average Bonchev–Trinajstić information content (AvgIpc) is 2.67. The number of halogens is 1. The third-order valence-electron chi connectivity index (χ3n) is 4.71. The lowest BCUT2D eigenvalue weighted by Crippen LogP contribution is -2.49. The summed E-state index contributed by atoms with van der Waals surface area (Å²) in [6, 6.07) is 7.12. The zero-order valence-corrected chi connectivity index (χ0v) is 16.6. The van der Waals surface area contributed by atoms with Crippen LogP contribution in [0.25, 0.3) is 0 Å². The van der Waals surface area contributed by atoms with Crippen molar-refractivity contribution in [2.24, 2.45) is 10.9 Å². The van der Waals surface area contributed by atoms with Crippen LogP contribution in [0.1, 0.15) is 32.3 Å². The monoisotopic (exact) mass is 377 g/mol. The van der Waals surface area contributed by atoms with Gasteiger partial charge in [0.1, 0.15) is 5.82 Å². The van der Waals surface area contributed by atoms with Gasteiger partial charge in [0.05, 0.1) is 0 Å². The predicted octanol–water partition coefficient (Wildman–Crippen LogP) is 1.73. The molecule has 1 fully saturated rings. The van der Waals surface area contributed by atoms with Gasteiger partial charge in [-0.05, 0) is 30.5 Å². The molecule has 0 unspecified atom stereocenters. The van der Waals surface area contributed by atoms with Gasteiger partial charge in [0, 0.05) is 51.7 Å². The third-order valence-corrected chi connectivity index (χ3v) is 4.71. The number of hydrogen-bond donors (Lipinski definition) is 3. The normalized spacial score (nSPS) is 16.4. The van der Waals surface area contributed by atoms with Crippen molar-refractivity contribution in [3.05, 3.63) is 35.6 Å². The summed E-state index contributed by atoms with van der Waals surface area (Å²) >= 11 is 0. The lowest BCUT2D eigenvalue weighted by molar-refractivity contribution is -0.123. The smallest absolute Gasteiger partial charge is 0.222 e. The molecular weight excluding hydrogens is 345 g/mol. The summed E-state index contributed by atoms with van der Waals surface area (Å²) in [5.74, 6) is 0.644. The zero-order chi connectivity index (χ0) is 19.6. The van der Waals surface area contributed by atoms with Crippen LogP contribution in [0.2, 0.25) is 0 Å². The molecule has 1 saturated heterocycles. The molecule has 7 heteroatoms. The highest BCUT2D eigenvalue weighted by atomic mass is 19.1. The van der Waals surface area contributed by atoms with Crippen LogP contribution >= 0.6 is 0 Å². The number of likely N-dealkylation sites (tertiary alicyclic amines) is 1. The van der Waals surface area contributed by atoms with Crippen LogP contribution in [0, 0.1) is 11.7 Å². The van der Waals surface area contributed by atoms with Gasteiger partial charge in [-0.25, -0.2) is 4.39 Å². The molecular formula is C20H32FN5O. The number of carbonyl (C=O) groups is 1. The molecule has 27 heavy (non-hydrogen) atoms. The Labute approximate surface area is 161 Å². The van der Waals surface area contributed by atoms with E-state index in [0.29, 0.717) is 19.1 Å². The lowest BCUT2D eigenvalue weighted by atomic mass is 10.0. The third kappa shape index (κ3) is 7.54. The summed E-state index contributed by atoms with van der Waals surface area (Å²) < 4.78 is 13.0. The first-order valence-corrected chi connectivity index (χ1v) is 9.69. The standard InChI is InChI=1S/C20H32FN5O/c1-15(2)19(27)23-10-11-24-20(22-3)25-18-8-12-26(13-9-18)14-16-4-6-17(21)7-5-16/h4-7,15,18H,8-14H2,1-3H3,(H,23,27)(H2,22,24,25). The molecule has 1 aliphatic heterocycles. The minimum absolute atomic E-state index is 0.00234. The topological polar surface area (TPSA) is 68.8 Å². The number of piperidine rings is 1. The van der Waals surface area contributed by atoms with Gasteiger partial charge in [-0.15, -0.1) is 0 Å². The number of guanidine groups is 1. The molecule has 0 radical (unpaired) electrons. The lowest BCUT2D eigenvalue weighted by Gasteiger charge is -2.33. The number of rotatable bonds is 7. The molecule has 0 saturated carbocycles. The van der Waals surface area contributed by atoms with Crippen LogP contribution in [0.4, 0.5) is 4.39 Å². The Morgan fingerprint density at radius 1 is 1.19 bits per heavy atom. The summed E-state index contributed by atoms with van der Waals surface area (Å²) in [5.41, 5.74) is 1.14. The van der Waals surface area contributed by atoms with E-state index >= 15 is 0 Å². The Kier molecular flexibility index (Phi) is 8.51. The molecule has 150 valence electrons. The van der Waals surface area contributed by atoms with E-state index in [-0.39, 0.29) is 17.6 Å². The second kappa shape index (κ2) is 10.9. The van der Waals surface area contributed by atoms with E-state index in [1.807, 2.05) is 26.0 Å². The summed E-state index contributed by atoms with van der Waals surface area (Å²) in [6.07, 6.45) is 2.07. The highest BCUT2D eigenvalue weighted by molar-refractivity contribution is 5.80. The summed E-state index contributed by atoms with van der Waals surface area (Å²) in [5, 5.41) is 9.58. The van der Waals surface area contributed by atoms with Crippen LogP contribution in [-0.4, -0.2) is 56.0 Å². The summed E-state index contributed by atoms with van der Waals surface area (Å²) in [6.45, 7) is 7.83. The van der Waals surface area contributed by atoms with E-state index in [0.717, 1.165) is 44.0 Å². The van der Waals surface area contributed by atoms with Crippen LogP contribution < -0.4 is 16.0 Å². The van der Waals surface area contributed by atoms with Crippen molar-refractivity contribution >= 4 is 11.9 Å². The van der Waals surface area contributed by atoms with Crippen molar-refractivity contribution in [3.63, 3.8) is 0 Å². The fraction of sp³-hybridized carbons (Fsp3) is 0.600. The van der Waals surface area contributed by atoms with Gasteiger partial charge >= 0.3 is 0 Å². The summed E-state index contributed by atoms with van der Waals surface area (Å²) in [4.78, 5) is 18.2. The fourth-order valence-electron chi connectivity index (χ4n) is 3.04. The van der Waals surface area contributed by atoms with Crippen LogP contribution in [-0.2, 0) is 11.3 Å². The predicted molar refractivity (Wildman–Crippen MR) is 107 cm³/mol. The van der Waals surface area contributed by atoms with Gasteiger partial charge in [0.2, 0.25) is 5.91 Å². The van der Waals surface area contributed by atoms with Crippen LogP contribution in [0.5, 0.6) is 0 Å². The largest absolute Gasteiger partial charge is 0.355 e. The van der Waals surface area contributed by atoms with E-state index in [9.17, 15) is 9.18 Å². The Morgan fingerprint density at radius 2 is 1.81 bits per heavy atom. The molecule has 1 amide bonds. The first-order valence-electron chi connectivity index (χ1n) is 9.69. The van der Waals surface area contributed by atoms with E-state index in [1.165, 1.54) is 12.1 Å². The molecule has 1 aliphatic rings. The molecule has 1 aromatic carbocycles. The maximum absolute atomic E-state index is 13.0. The Hall–Kier alpha value is -2.15. The van der Waals surface area contributed by atoms with Crippen molar-refractivity contribution in [3.8, 4) is 0 Å². The Balaban J connectivity index is 1.66. The van der Waals surface area contributed by atoms with Gasteiger partial charge in [-0.3, -0.25) is 14.7 Å². The highest BCUT2D eigenvalue weighted by Gasteiger charge is 2.20. The maximum Gasteiger partial charge on any atom is 0.222 e. The molecule has 0 aliphatic carbocycles. The van der Waals surface area contributed by atoms with Gasteiger partial charge in [-0.1, -0.05) is 26.0 Å². The van der Waals surface area contributed by atoms with Gasteiger partial charge in [0.25, 0.3) is 0 Å². The number of hydrogen-bond acceptors (Lipinski definition) is 3. The molecule has 0 atom stereocenters. The van der Waals surface area contributed by atoms with Gasteiger partial charge < -0.3 is 16.0 Å². The first-order chi connectivity index (χ1) is 13.0. The highest BCUT2D eigenvalue weighted by Crippen LogP contribution is 2.14. The Bertz CT molecular complexity index is 609. The number of carbonyl (C=O) groups excluding carboxylic acids is 1. The number of amides is 1. The van der Waals surface area contributed by atoms with Crippen LogP contribution in [0.15, 0.2) is 29.3 Å². The minimum Gasteiger partial charge on any atom is -0.355 e. The fourth-order valence-corrected chi connectivity index (χ4v) is 3.04. The number of nitrogens with zero attached hydrogens (tertiary/aromatic N) is 2.